The van der Waals surface area contributed by atoms with Gasteiger partial charge in [0.05, 0.1) is 0 Å². The molecule has 2 radical (unpaired) electrons. The molecule has 10 heavy (non-hydrogen) atoms. The summed E-state index contributed by atoms with van der Waals surface area (Å²) in [6, 6.07) is 6.01. The molecule has 0 N–H and O–H groups in total. The first-order valence-corrected chi connectivity index (χ1v) is 4.36. The second kappa shape index (κ2) is 3.42. The van der Waals surface area contributed by atoms with E-state index in [4.69, 9.17) is 7.85 Å². The standard InChI is InChI=1S/C8H8BI/c1-2-6-5-7(9)3-4-8(6)10/h3-5H,2H2,1H3. The van der Waals surface area contributed by atoms with Gasteiger partial charge in [-0.15, -0.1) is 0 Å². The van der Waals surface area contributed by atoms with Crippen molar-refractivity contribution < 1.29 is 0 Å². The van der Waals surface area contributed by atoms with Crippen LogP contribution in [-0.2, 0) is 6.42 Å². The maximum absolute atomic E-state index is 5.60. The van der Waals surface area contributed by atoms with E-state index in [0.29, 0.717) is 0 Å². The third-order valence-electron chi connectivity index (χ3n) is 1.45. The fourth-order valence-corrected chi connectivity index (χ4v) is 1.58. The van der Waals surface area contributed by atoms with Crippen molar-refractivity contribution in [3.63, 3.8) is 0 Å². The Morgan fingerprint density at radius 1 is 1.50 bits per heavy atom. The van der Waals surface area contributed by atoms with Crippen LogP contribution in [0.25, 0.3) is 0 Å². The van der Waals surface area contributed by atoms with E-state index in [-0.39, 0.29) is 0 Å². The van der Waals surface area contributed by atoms with E-state index in [9.17, 15) is 0 Å². The van der Waals surface area contributed by atoms with Gasteiger partial charge in [0.15, 0.2) is 0 Å². The monoisotopic (exact) mass is 242 g/mol. The molecule has 0 spiro atoms. The summed E-state index contributed by atoms with van der Waals surface area (Å²) >= 11 is 2.32. The summed E-state index contributed by atoms with van der Waals surface area (Å²) in [5.41, 5.74) is 2.19. The van der Waals surface area contributed by atoms with Crippen LogP contribution in [0.5, 0.6) is 0 Å². The van der Waals surface area contributed by atoms with Gasteiger partial charge in [-0.05, 0) is 40.6 Å². The third-order valence-corrected chi connectivity index (χ3v) is 2.50. The van der Waals surface area contributed by atoms with E-state index >= 15 is 0 Å². The first kappa shape index (κ1) is 8.11. The Balaban J connectivity index is 3.09. The van der Waals surface area contributed by atoms with Gasteiger partial charge >= 0.3 is 0 Å². The Hall–Kier alpha value is 0.0149. The quantitative estimate of drug-likeness (QED) is 0.518. The lowest BCUT2D eigenvalue weighted by atomic mass is 9.94. The number of rotatable bonds is 1. The first-order chi connectivity index (χ1) is 4.74. The highest BCUT2D eigenvalue weighted by Crippen LogP contribution is 2.09. The van der Waals surface area contributed by atoms with Gasteiger partial charge in [-0.25, -0.2) is 0 Å². The Morgan fingerprint density at radius 2 is 2.20 bits per heavy atom. The van der Waals surface area contributed by atoms with Crippen LogP contribution < -0.4 is 5.46 Å². The molecule has 0 atom stereocenters. The fourth-order valence-electron chi connectivity index (χ4n) is 0.866. The summed E-state index contributed by atoms with van der Waals surface area (Å²) in [6.45, 7) is 2.14. The second-order valence-corrected chi connectivity index (χ2v) is 3.37. The highest BCUT2D eigenvalue weighted by atomic mass is 127. The van der Waals surface area contributed by atoms with Crippen LogP contribution in [0.15, 0.2) is 18.2 Å². The predicted octanol–water partition coefficient (Wildman–Crippen LogP) is 1.65. The molecule has 1 rings (SSSR count). The van der Waals surface area contributed by atoms with E-state index in [1.807, 2.05) is 12.1 Å². The summed E-state index contributed by atoms with van der Waals surface area (Å²) in [4.78, 5) is 0. The maximum Gasteiger partial charge on any atom is 0.113 e. The van der Waals surface area contributed by atoms with Crippen molar-refractivity contribution >= 4 is 35.9 Å². The number of hydrogen-bond donors (Lipinski definition) is 0. The van der Waals surface area contributed by atoms with Crippen LogP contribution >= 0.6 is 22.6 Å². The summed E-state index contributed by atoms with van der Waals surface area (Å²) in [6.07, 6.45) is 1.06. The molecule has 0 aromatic heterocycles. The lowest BCUT2D eigenvalue weighted by molar-refractivity contribution is 1.13. The van der Waals surface area contributed by atoms with Crippen LogP contribution in [0.2, 0.25) is 0 Å². The molecule has 0 saturated heterocycles. The lowest BCUT2D eigenvalue weighted by Gasteiger charge is -2.01. The molecule has 0 fully saturated rings. The first-order valence-electron chi connectivity index (χ1n) is 3.28. The summed E-state index contributed by atoms with van der Waals surface area (Å²) in [5, 5.41) is 0. The summed E-state index contributed by atoms with van der Waals surface area (Å²) < 4.78 is 1.30. The molecule has 2 heteroatoms. The molecule has 1 aromatic rings. The molecule has 1 aromatic carbocycles. The average Bonchev–Trinajstić information content (AvgIpc) is 1.94. The van der Waals surface area contributed by atoms with Crippen LogP contribution in [0.4, 0.5) is 0 Å². The molecule has 0 bridgehead atoms. The summed E-state index contributed by atoms with van der Waals surface area (Å²) in [5.74, 6) is 0. The Labute approximate surface area is 76.6 Å². The Kier molecular flexibility index (Phi) is 2.77. The Bertz CT molecular complexity index is 233. The zero-order valence-corrected chi connectivity index (χ0v) is 8.05. The van der Waals surface area contributed by atoms with E-state index in [1.54, 1.807) is 0 Å². The zero-order valence-electron chi connectivity index (χ0n) is 5.89. The Morgan fingerprint density at radius 3 is 2.70 bits per heavy atom. The van der Waals surface area contributed by atoms with Gasteiger partial charge in [0.2, 0.25) is 0 Å². The zero-order chi connectivity index (χ0) is 7.56. The molecule has 0 aliphatic carbocycles. The highest BCUT2D eigenvalue weighted by molar-refractivity contribution is 14.1. The topological polar surface area (TPSA) is 0 Å². The third kappa shape index (κ3) is 1.75. The molecular weight excluding hydrogens is 234 g/mol. The van der Waals surface area contributed by atoms with Gasteiger partial charge in [0.25, 0.3) is 0 Å². The van der Waals surface area contributed by atoms with E-state index in [2.05, 4.69) is 35.6 Å². The smallest absolute Gasteiger partial charge is 0.0963 e. The molecule has 0 heterocycles. The minimum atomic E-state index is 0.859. The van der Waals surface area contributed by atoms with E-state index < -0.39 is 0 Å². The molecule has 0 aliphatic heterocycles. The largest absolute Gasteiger partial charge is 0.113 e. The maximum atomic E-state index is 5.60. The SMILES string of the molecule is [B]c1ccc(I)c(CC)c1. The predicted molar refractivity (Wildman–Crippen MR) is 53.9 cm³/mol. The van der Waals surface area contributed by atoms with Crippen molar-refractivity contribution in [1.29, 1.82) is 0 Å². The molecular formula is C8H8BI. The normalized spacial score (nSPS) is 9.80. The number of benzene rings is 1. The van der Waals surface area contributed by atoms with Gasteiger partial charge < -0.3 is 0 Å². The van der Waals surface area contributed by atoms with Gasteiger partial charge in [-0.2, -0.15) is 0 Å². The highest BCUT2D eigenvalue weighted by Gasteiger charge is 1.94. The van der Waals surface area contributed by atoms with Crippen LogP contribution in [-0.4, -0.2) is 7.85 Å². The van der Waals surface area contributed by atoms with E-state index in [1.165, 1.54) is 9.13 Å². The van der Waals surface area contributed by atoms with Gasteiger partial charge in [-0.3, -0.25) is 0 Å². The average molecular weight is 242 g/mol. The fraction of sp³-hybridized carbons (Fsp3) is 0.250. The van der Waals surface area contributed by atoms with Gasteiger partial charge in [-0.1, -0.05) is 24.5 Å². The van der Waals surface area contributed by atoms with Crippen LogP contribution in [0, 0.1) is 3.57 Å². The summed E-state index contributed by atoms with van der Waals surface area (Å²) in [7, 11) is 5.60. The van der Waals surface area contributed by atoms with Gasteiger partial charge in [0, 0.05) is 3.57 Å². The minimum Gasteiger partial charge on any atom is -0.0963 e. The van der Waals surface area contributed by atoms with Crippen molar-refractivity contribution in [3.05, 3.63) is 27.3 Å². The lowest BCUT2D eigenvalue weighted by Crippen LogP contribution is -2.03. The molecule has 0 unspecified atom stereocenters. The van der Waals surface area contributed by atoms with Crippen molar-refractivity contribution in [2.45, 2.75) is 13.3 Å². The number of halogens is 1. The minimum absolute atomic E-state index is 0.859. The van der Waals surface area contributed by atoms with Crippen molar-refractivity contribution in [2.75, 3.05) is 0 Å². The molecule has 0 saturated carbocycles. The molecule has 0 aliphatic rings. The second-order valence-electron chi connectivity index (χ2n) is 2.20. The molecule has 50 valence electrons. The van der Waals surface area contributed by atoms with Crippen molar-refractivity contribution in [1.82, 2.24) is 0 Å². The van der Waals surface area contributed by atoms with Gasteiger partial charge in [0.1, 0.15) is 7.85 Å². The van der Waals surface area contributed by atoms with E-state index in [0.717, 1.165) is 11.9 Å². The van der Waals surface area contributed by atoms with Crippen molar-refractivity contribution in [2.24, 2.45) is 0 Å². The molecule has 0 amide bonds. The number of hydrogen-bond acceptors (Lipinski definition) is 0. The molecule has 0 nitrogen and oxygen atoms in total. The van der Waals surface area contributed by atoms with Crippen LogP contribution in [0.1, 0.15) is 12.5 Å². The van der Waals surface area contributed by atoms with Crippen LogP contribution in [0.3, 0.4) is 0 Å². The number of aryl methyl sites for hydroxylation is 1. The van der Waals surface area contributed by atoms with Crippen molar-refractivity contribution in [3.8, 4) is 0 Å².